The number of hydrogen-bond acceptors (Lipinski definition) is 1. The summed E-state index contributed by atoms with van der Waals surface area (Å²) in [6, 6.07) is 43.7. The van der Waals surface area contributed by atoms with Gasteiger partial charge in [0.05, 0.1) is 0 Å². The van der Waals surface area contributed by atoms with Gasteiger partial charge in [0.1, 0.15) is 0 Å². The summed E-state index contributed by atoms with van der Waals surface area (Å²) in [6.45, 7) is 9.52. The van der Waals surface area contributed by atoms with Gasteiger partial charge in [-0.15, -0.1) is 0 Å². The Labute approximate surface area is 290 Å². The van der Waals surface area contributed by atoms with E-state index >= 15 is 4.39 Å². The van der Waals surface area contributed by atoms with E-state index in [1.807, 2.05) is 12.1 Å². The van der Waals surface area contributed by atoms with E-state index in [0.29, 0.717) is 17.8 Å². The van der Waals surface area contributed by atoms with Crippen LogP contribution in [0.1, 0.15) is 66.2 Å². The molecule has 3 unspecified atom stereocenters. The fraction of sp³-hybridized carbons (Fsp3) is 0.349. The van der Waals surface area contributed by atoms with Gasteiger partial charge >= 0.3 is 221 Å². The van der Waals surface area contributed by atoms with Gasteiger partial charge in [-0.3, -0.25) is 0 Å². The Kier molecular flexibility index (Phi) is 9.69. The van der Waals surface area contributed by atoms with Crippen molar-refractivity contribution >= 4 is 20.3 Å². The van der Waals surface area contributed by atoms with Gasteiger partial charge in [0.15, 0.2) is 0 Å². The van der Waals surface area contributed by atoms with Crippen molar-refractivity contribution in [1.82, 2.24) is 3.80 Å². The monoisotopic (exact) mass is 720 g/mol. The molecule has 5 aliphatic carbocycles. The van der Waals surface area contributed by atoms with Crippen LogP contribution in [0.15, 0.2) is 142 Å². The summed E-state index contributed by atoms with van der Waals surface area (Å²) in [5, 5.41) is 0. The van der Waals surface area contributed by atoms with E-state index in [-0.39, 0.29) is 5.54 Å². The van der Waals surface area contributed by atoms with Crippen LogP contribution in [-0.4, -0.2) is 22.7 Å². The van der Waals surface area contributed by atoms with E-state index in [9.17, 15) is 0 Å². The molecule has 47 heavy (non-hydrogen) atoms. The molecular weight excluding hydrogens is 670 g/mol. The normalized spacial score (nSPS) is 27.7. The smallest absolute Gasteiger partial charge is 0.0184 e. The fourth-order valence-corrected chi connectivity index (χ4v) is 37.9. The number of rotatable bonds is 7. The fourth-order valence-electron chi connectivity index (χ4n) is 9.75. The number of hydrogen-bond donors (Lipinski definition) is 1. The standard InChI is InChI=1S/C12H11Ge.C12H10.C10H15FN.C9H13.Ti/c1-3-7-11(8-4-1)13-12-9-5-2-6-10-12;1-3-7-11(8-4-1)12-9-5-2-6-10-12;11-9-2-7-1-8(3-9)5-10(12,4-7)6-9;1-6-5-7(2)9(4)8(6)3;/h1-10,13H;1-10H;7-8,12H,1-6H2;6H,1-4H3;/q;;-1;;+1. The average Bonchev–Trinajstić information content (AvgIpc) is 3.27. The molecule has 241 valence electrons. The molecule has 5 aliphatic rings. The molecule has 4 aromatic carbocycles. The molecule has 4 saturated carbocycles. The molecule has 9 rings (SSSR count). The second-order valence-electron chi connectivity index (χ2n) is 15.0. The third-order valence-corrected chi connectivity index (χ3v) is 34.8. The van der Waals surface area contributed by atoms with Crippen molar-refractivity contribution in [3.05, 3.63) is 142 Å². The quantitative estimate of drug-likeness (QED) is 0.188. The third-order valence-electron chi connectivity index (χ3n) is 11.8. The largest absolute Gasteiger partial charge is 0.0622 e. The van der Waals surface area contributed by atoms with Gasteiger partial charge in [0, 0.05) is 0 Å². The van der Waals surface area contributed by atoms with Crippen molar-refractivity contribution < 1.29 is 20.3 Å². The molecule has 4 bridgehead atoms. The molecule has 3 atom stereocenters. The van der Waals surface area contributed by atoms with Crippen LogP contribution in [-0.2, 0) is 15.9 Å². The van der Waals surface area contributed by atoms with E-state index < -0.39 is 33.1 Å². The molecule has 0 spiro atoms. The van der Waals surface area contributed by atoms with Crippen molar-refractivity contribution in [1.29, 1.82) is 0 Å². The molecule has 0 saturated heterocycles. The third kappa shape index (κ3) is 6.86. The predicted molar refractivity (Wildman–Crippen MR) is 196 cm³/mol. The second kappa shape index (κ2) is 13.8. The topological polar surface area (TPSA) is 12.0 Å². The zero-order chi connectivity index (χ0) is 32.6. The summed E-state index contributed by atoms with van der Waals surface area (Å²) in [4.78, 5) is 0. The van der Waals surface area contributed by atoms with Crippen LogP contribution in [0.2, 0.25) is 0 Å². The summed E-state index contributed by atoms with van der Waals surface area (Å²) in [5.41, 5.74) is 6.28. The summed E-state index contributed by atoms with van der Waals surface area (Å²) < 4.78 is 25.6. The van der Waals surface area contributed by atoms with E-state index in [1.165, 1.54) is 36.0 Å². The van der Waals surface area contributed by atoms with Crippen LogP contribution in [0.4, 0.5) is 4.39 Å². The summed E-state index contributed by atoms with van der Waals surface area (Å²) in [7, 11) is 0. The first kappa shape index (κ1) is 33.0. The first-order chi connectivity index (χ1) is 22.7. The van der Waals surface area contributed by atoms with Crippen molar-refractivity contribution in [3.8, 4) is 11.1 Å². The van der Waals surface area contributed by atoms with Crippen LogP contribution >= 0.6 is 0 Å². The summed E-state index contributed by atoms with van der Waals surface area (Å²) >= 11 is -4.24. The molecule has 1 N–H and O–H groups in total. The number of benzene rings is 4. The maximum atomic E-state index is 16.1. The number of allylic oxidation sites excluding steroid dienone is 4. The maximum Gasteiger partial charge on any atom is -0.0184 e. The number of halogens is 1. The van der Waals surface area contributed by atoms with Gasteiger partial charge in [0.25, 0.3) is 0 Å². The zero-order valence-electron chi connectivity index (χ0n) is 28.5. The van der Waals surface area contributed by atoms with Gasteiger partial charge in [-0.1, -0.05) is 60.7 Å². The molecule has 4 heteroatoms. The van der Waals surface area contributed by atoms with Gasteiger partial charge in [-0.2, -0.15) is 0 Å². The van der Waals surface area contributed by atoms with Gasteiger partial charge in [-0.05, 0) is 11.1 Å². The van der Waals surface area contributed by atoms with Crippen molar-refractivity contribution in [2.75, 3.05) is 0 Å². The summed E-state index contributed by atoms with van der Waals surface area (Å²) in [5.74, 6) is 1.70. The minimum Gasteiger partial charge on any atom is -0.0622 e. The summed E-state index contributed by atoms with van der Waals surface area (Å²) in [6.07, 6.45) is 6.08. The van der Waals surface area contributed by atoms with Gasteiger partial charge < -0.3 is 0 Å². The number of nitrogens with one attached hydrogen (secondary N) is 1. The van der Waals surface area contributed by atoms with Gasteiger partial charge in [0.2, 0.25) is 0 Å². The van der Waals surface area contributed by atoms with Crippen LogP contribution in [0.25, 0.3) is 11.1 Å². The SMILES string of the molecule is CC1=C(C)C(C)[C]([Ti]([NH]C23CC4CC(CC(F)(C4)C2)C3)[GeH]([c]2ccccc2)[c]2ccccc2)=C1C.c1ccc(-c2ccccc2)cc1. The second-order valence-corrected chi connectivity index (χ2v) is 31.8. The first-order valence-corrected chi connectivity index (χ1v) is 27.6. The van der Waals surface area contributed by atoms with E-state index in [0.717, 1.165) is 19.3 Å². The Hall–Kier alpha value is -2.49. The predicted octanol–water partition coefficient (Wildman–Crippen LogP) is 9.32. The molecule has 0 radical (unpaired) electrons. The van der Waals surface area contributed by atoms with Crippen LogP contribution in [0.5, 0.6) is 0 Å². The molecule has 0 aliphatic heterocycles. The van der Waals surface area contributed by atoms with Gasteiger partial charge in [-0.25, -0.2) is 0 Å². The molecule has 0 amide bonds. The number of alkyl halides is 1. The zero-order valence-corrected chi connectivity index (χ0v) is 32.5. The Bertz CT molecular complexity index is 1650. The molecule has 0 aromatic heterocycles. The van der Waals surface area contributed by atoms with E-state index in [4.69, 9.17) is 0 Å². The van der Waals surface area contributed by atoms with Crippen molar-refractivity contribution in [2.45, 2.75) is 77.4 Å². The molecule has 1 nitrogen and oxygen atoms in total. The average molecular weight is 719 g/mol. The minimum atomic E-state index is -2.22. The Morgan fingerprint density at radius 2 is 1.09 bits per heavy atom. The van der Waals surface area contributed by atoms with Crippen LogP contribution in [0.3, 0.4) is 0 Å². The van der Waals surface area contributed by atoms with Crippen molar-refractivity contribution in [3.63, 3.8) is 0 Å². The van der Waals surface area contributed by atoms with E-state index in [2.05, 4.69) is 141 Å². The molecule has 4 aromatic rings. The Balaban J connectivity index is 0.000000245. The molecular formula is C43H49FGeNTi. The Morgan fingerprint density at radius 3 is 1.49 bits per heavy atom. The first-order valence-electron chi connectivity index (χ1n) is 17.7. The molecule has 0 heterocycles. The molecule has 4 fully saturated rings. The van der Waals surface area contributed by atoms with Crippen molar-refractivity contribution in [2.24, 2.45) is 17.8 Å². The Morgan fingerprint density at radius 1 is 0.638 bits per heavy atom. The van der Waals surface area contributed by atoms with Crippen LogP contribution in [0, 0.1) is 17.8 Å². The van der Waals surface area contributed by atoms with Crippen LogP contribution < -0.4 is 12.6 Å². The maximum absolute atomic E-state index is 16.1. The van der Waals surface area contributed by atoms with E-state index in [1.54, 1.807) is 23.8 Å². The minimum absolute atomic E-state index is 0.0264.